The van der Waals surface area contributed by atoms with Gasteiger partial charge in [-0.05, 0) is 24.0 Å². The maximum Gasteiger partial charge on any atom is 0.291 e. The summed E-state index contributed by atoms with van der Waals surface area (Å²) < 4.78 is 1.70. The third kappa shape index (κ3) is 2.99. The predicted molar refractivity (Wildman–Crippen MR) is 123 cm³/mol. The summed E-state index contributed by atoms with van der Waals surface area (Å²) in [5.41, 5.74) is 3.90. The molecule has 1 amide bonds. The number of para-hydroxylation sites is 1. The molecule has 4 aromatic rings. The van der Waals surface area contributed by atoms with Crippen LogP contribution in [0.4, 0.5) is 5.69 Å². The number of nitrogens with zero attached hydrogens (tertiary/aromatic N) is 4. The molecule has 0 saturated carbocycles. The van der Waals surface area contributed by atoms with Crippen molar-refractivity contribution in [3.63, 3.8) is 0 Å². The van der Waals surface area contributed by atoms with Crippen LogP contribution in [-0.2, 0) is 10.2 Å². The third-order valence-electron chi connectivity index (χ3n) is 5.63. The van der Waals surface area contributed by atoms with Crippen molar-refractivity contribution < 1.29 is 4.79 Å². The highest BCUT2D eigenvalue weighted by molar-refractivity contribution is 7.15. The van der Waals surface area contributed by atoms with E-state index < -0.39 is 0 Å². The Morgan fingerprint density at radius 3 is 2.35 bits per heavy atom. The molecule has 0 atom stereocenters. The van der Waals surface area contributed by atoms with Gasteiger partial charge in [0.25, 0.3) is 11.5 Å². The van der Waals surface area contributed by atoms with E-state index in [1.54, 1.807) is 4.90 Å². The average molecular weight is 431 g/mol. The number of thiazole rings is 1. The molecular weight excluding hydrogens is 408 g/mol. The van der Waals surface area contributed by atoms with Crippen molar-refractivity contribution in [1.82, 2.24) is 14.6 Å². The normalized spacial score (nSPS) is 15.7. The van der Waals surface area contributed by atoms with Crippen molar-refractivity contribution >= 4 is 33.5 Å². The van der Waals surface area contributed by atoms with Crippen molar-refractivity contribution in [2.45, 2.75) is 33.1 Å². The topological polar surface area (TPSA) is 67.6 Å². The number of carbonyl (C=O) groups is 1. The average Bonchev–Trinajstić information content (AvgIpc) is 3.37. The fourth-order valence-electron chi connectivity index (χ4n) is 3.94. The van der Waals surface area contributed by atoms with Crippen molar-refractivity contribution in [2.75, 3.05) is 11.4 Å². The van der Waals surface area contributed by atoms with E-state index in [1.807, 2.05) is 43.3 Å². The number of fused-ring (bicyclic) bond motifs is 2. The highest BCUT2D eigenvalue weighted by Gasteiger charge is 2.33. The van der Waals surface area contributed by atoms with Gasteiger partial charge in [-0.3, -0.25) is 9.59 Å². The summed E-state index contributed by atoms with van der Waals surface area (Å²) >= 11 is 1.22. The van der Waals surface area contributed by atoms with Crippen molar-refractivity contribution in [3.05, 3.63) is 74.5 Å². The lowest BCUT2D eigenvalue weighted by Crippen LogP contribution is -2.32. The maximum absolute atomic E-state index is 13.2. The smallest absolute Gasteiger partial charge is 0.291 e. The first kappa shape index (κ1) is 19.6. The Morgan fingerprint density at radius 2 is 1.71 bits per heavy atom. The molecule has 5 rings (SSSR count). The molecule has 0 saturated heterocycles. The van der Waals surface area contributed by atoms with Crippen LogP contribution in [0.15, 0.2) is 53.3 Å². The van der Waals surface area contributed by atoms with Crippen LogP contribution in [0.2, 0.25) is 0 Å². The summed E-state index contributed by atoms with van der Waals surface area (Å²) in [6, 6.07) is 15.7. The van der Waals surface area contributed by atoms with E-state index in [-0.39, 0.29) is 16.9 Å². The molecule has 0 bridgehead atoms. The minimum Gasteiger partial charge on any atom is -0.308 e. The molecule has 0 fully saturated rings. The third-order valence-corrected chi connectivity index (χ3v) is 6.66. The van der Waals surface area contributed by atoms with E-state index in [9.17, 15) is 9.59 Å². The first-order chi connectivity index (χ1) is 14.8. The number of hydrogen-bond acceptors (Lipinski definition) is 5. The number of benzene rings is 2. The molecule has 156 valence electrons. The number of rotatable bonds is 2. The standard InChI is InChI=1S/C24H22N4O2S/c1-5-27-17-9-7-6-8-16(17)18(21(27)29)19-22(30)28-23(31-19)25-20(26-28)14-10-12-15(13-11-14)24(2,3)4/h6-13H,5H2,1-4H3. The largest absolute Gasteiger partial charge is 0.308 e. The Labute approximate surface area is 183 Å². The lowest BCUT2D eigenvalue weighted by molar-refractivity contribution is -0.113. The molecule has 31 heavy (non-hydrogen) atoms. The quantitative estimate of drug-likeness (QED) is 0.489. The lowest BCUT2D eigenvalue weighted by Gasteiger charge is -2.18. The van der Waals surface area contributed by atoms with Gasteiger partial charge in [-0.2, -0.15) is 9.50 Å². The van der Waals surface area contributed by atoms with E-state index in [2.05, 4.69) is 43.0 Å². The number of carbonyl (C=O) groups excluding carboxylic acids is 1. The summed E-state index contributed by atoms with van der Waals surface area (Å²) in [5.74, 6) is 0.358. The zero-order chi connectivity index (χ0) is 21.9. The highest BCUT2D eigenvalue weighted by Crippen LogP contribution is 2.35. The molecule has 0 radical (unpaired) electrons. The van der Waals surface area contributed by atoms with Gasteiger partial charge in [-0.1, -0.05) is 74.6 Å². The molecule has 0 unspecified atom stereocenters. The van der Waals surface area contributed by atoms with Crippen LogP contribution in [0, 0.1) is 0 Å². The number of likely N-dealkylation sites (N-methyl/N-ethyl adjacent to an activating group) is 1. The fourth-order valence-corrected chi connectivity index (χ4v) is 4.94. The van der Waals surface area contributed by atoms with Gasteiger partial charge in [0.1, 0.15) is 4.53 Å². The van der Waals surface area contributed by atoms with Crippen LogP contribution in [-0.4, -0.2) is 27.0 Å². The van der Waals surface area contributed by atoms with Gasteiger partial charge >= 0.3 is 0 Å². The SMILES string of the molecule is CCN1C(=O)C(=c2sc3nc(-c4ccc(C(C)(C)C)cc4)nn3c2=O)c2ccccc21. The molecular formula is C24H22N4O2S. The van der Waals surface area contributed by atoms with Gasteiger partial charge < -0.3 is 4.90 Å². The Hall–Kier alpha value is -3.32. The Balaban J connectivity index is 1.65. The second kappa shape index (κ2) is 6.85. The summed E-state index contributed by atoms with van der Waals surface area (Å²) in [4.78, 5) is 33.0. The maximum atomic E-state index is 13.2. The molecule has 0 N–H and O–H groups in total. The molecule has 0 aliphatic carbocycles. The van der Waals surface area contributed by atoms with Crippen molar-refractivity contribution in [1.29, 1.82) is 0 Å². The molecule has 1 aliphatic heterocycles. The lowest BCUT2D eigenvalue weighted by atomic mass is 9.87. The van der Waals surface area contributed by atoms with E-state index >= 15 is 0 Å². The number of anilines is 1. The summed E-state index contributed by atoms with van der Waals surface area (Å²) in [7, 11) is 0. The van der Waals surface area contributed by atoms with Crippen LogP contribution in [0.1, 0.15) is 38.8 Å². The van der Waals surface area contributed by atoms with Gasteiger partial charge in [-0.25, -0.2) is 0 Å². The van der Waals surface area contributed by atoms with Gasteiger partial charge in [0, 0.05) is 17.7 Å². The first-order valence-corrected chi connectivity index (χ1v) is 11.1. The Kier molecular flexibility index (Phi) is 4.34. The zero-order valence-electron chi connectivity index (χ0n) is 17.8. The van der Waals surface area contributed by atoms with Crippen LogP contribution in [0.3, 0.4) is 0 Å². The summed E-state index contributed by atoms with van der Waals surface area (Å²) in [6.07, 6.45) is 0. The van der Waals surface area contributed by atoms with Crippen LogP contribution in [0.5, 0.6) is 0 Å². The predicted octanol–water partition coefficient (Wildman–Crippen LogP) is 3.40. The zero-order valence-corrected chi connectivity index (χ0v) is 18.7. The van der Waals surface area contributed by atoms with Gasteiger partial charge in [0.2, 0.25) is 4.96 Å². The second-order valence-corrected chi connectivity index (χ2v) is 9.61. The molecule has 2 aromatic heterocycles. The van der Waals surface area contributed by atoms with Crippen LogP contribution >= 0.6 is 11.3 Å². The minimum atomic E-state index is -0.304. The van der Waals surface area contributed by atoms with E-state index in [0.717, 1.165) is 16.8 Å². The molecule has 7 heteroatoms. The van der Waals surface area contributed by atoms with E-state index in [1.165, 1.54) is 21.4 Å². The van der Waals surface area contributed by atoms with Crippen LogP contribution < -0.4 is 15.0 Å². The van der Waals surface area contributed by atoms with Crippen molar-refractivity contribution in [2.24, 2.45) is 0 Å². The molecule has 6 nitrogen and oxygen atoms in total. The first-order valence-electron chi connectivity index (χ1n) is 10.3. The Morgan fingerprint density at radius 1 is 1.00 bits per heavy atom. The van der Waals surface area contributed by atoms with Gasteiger partial charge in [0.15, 0.2) is 5.82 Å². The number of aromatic nitrogens is 3. The molecule has 3 heterocycles. The van der Waals surface area contributed by atoms with Gasteiger partial charge in [0.05, 0.1) is 11.3 Å². The summed E-state index contributed by atoms with van der Waals surface area (Å²) in [5, 5.41) is 4.45. The summed E-state index contributed by atoms with van der Waals surface area (Å²) in [6.45, 7) is 8.96. The van der Waals surface area contributed by atoms with Crippen LogP contribution in [0.25, 0.3) is 21.9 Å². The van der Waals surface area contributed by atoms with Gasteiger partial charge in [-0.15, -0.1) is 5.10 Å². The molecule has 2 aromatic carbocycles. The van der Waals surface area contributed by atoms with E-state index in [0.29, 0.717) is 27.4 Å². The number of hydrogen-bond donors (Lipinski definition) is 0. The molecule has 1 aliphatic rings. The molecule has 0 spiro atoms. The number of amides is 1. The highest BCUT2D eigenvalue weighted by atomic mass is 32.1. The minimum absolute atomic E-state index is 0.0608. The van der Waals surface area contributed by atoms with Crippen molar-refractivity contribution in [3.8, 4) is 11.4 Å². The second-order valence-electron chi connectivity index (χ2n) is 8.64. The van der Waals surface area contributed by atoms with E-state index in [4.69, 9.17) is 0 Å². The Bertz CT molecular complexity index is 1440. The fraction of sp³-hybridized carbons (Fsp3) is 0.250. The monoisotopic (exact) mass is 430 g/mol.